The molecule has 1 aromatic heterocycles. The molecule has 6 nitrogen and oxygen atoms in total. The molecule has 20 heavy (non-hydrogen) atoms. The van der Waals surface area contributed by atoms with Gasteiger partial charge in [-0.3, -0.25) is 14.5 Å². The standard InChI is InChI=1S/C14H13N3O3/c1-7-4-5-8(2)12-11(7)13(18)14(19)17(12)6-10-9(3)15-20-16-10/h4-5H,6H2,1-3H3. The number of aromatic nitrogens is 2. The van der Waals surface area contributed by atoms with E-state index in [9.17, 15) is 9.59 Å². The Morgan fingerprint density at radius 1 is 1.10 bits per heavy atom. The Morgan fingerprint density at radius 2 is 1.80 bits per heavy atom. The van der Waals surface area contributed by atoms with Crippen molar-refractivity contribution in [1.82, 2.24) is 10.3 Å². The Labute approximate surface area is 115 Å². The molecule has 0 aliphatic carbocycles. The first-order valence-electron chi connectivity index (χ1n) is 6.25. The number of aryl methyl sites for hydroxylation is 3. The third-order valence-electron chi connectivity index (χ3n) is 3.58. The van der Waals surface area contributed by atoms with E-state index < -0.39 is 11.7 Å². The maximum atomic E-state index is 12.2. The summed E-state index contributed by atoms with van der Waals surface area (Å²) in [6, 6.07) is 3.76. The summed E-state index contributed by atoms with van der Waals surface area (Å²) in [6.45, 7) is 5.65. The summed E-state index contributed by atoms with van der Waals surface area (Å²) < 4.78 is 4.64. The zero-order valence-corrected chi connectivity index (χ0v) is 11.4. The number of rotatable bonds is 2. The topological polar surface area (TPSA) is 76.3 Å². The van der Waals surface area contributed by atoms with Gasteiger partial charge in [-0.1, -0.05) is 22.4 Å². The first-order valence-corrected chi connectivity index (χ1v) is 6.25. The minimum atomic E-state index is -0.528. The van der Waals surface area contributed by atoms with Gasteiger partial charge < -0.3 is 0 Å². The number of carbonyl (C=O) groups is 2. The third kappa shape index (κ3) is 1.65. The van der Waals surface area contributed by atoms with Crippen molar-refractivity contribution in [1.29, 1.82) is 0 Å². The highest BCUT2D eigenvalue weighted by molar-refractivity contribution is 6.52. The highest BCUT2D eigenvalue weighted by Gasteiger charge is 2.38. The van der Waals surface area contributed by atoms with Gasteiger partial charge in [0, 0.05) is 0 Å². The number of Topliss-reactive ketones (excluding diaryl/α,β-unsaturated/α-hetero) is 1. The number of amides is 1. The van der Waals surface area contributed by atoms with E-state index in [4.69, 9.17) is 0 Å². The Bertz CT molecular complexity index is 733. The molecular formula is C14H13N3O3. The van der Waals surface area contributed by atoms with Crippen molar-refractivity contribution in [3.05, 3.63) is 40.2 Å². The minimum Gasteiger partial charge on any atom is -0.298 e. The van der Waals surface area contributed by atoms with E-state index in [2.05, 4.69) is 14.9 Å². The average Bonchev–Trinajstić information content (AvgIpc) is 2.92. The van der Waals surface area contributed by atoms with Crippen molar-refractivity contribution in [2.75, 3.05) is 4.90 Å². The van der Waals surface area contributed by atoms with Gasteiger partial charge in [0.05, 0.1) is 17.8 Å². The predicted octanol–water partition coefficient (Wildman–Crippen LogP) is 1.72. The van der Waals surface area contributed by atoms with E-state index in [0.717, 1.165) is 11.1 Å². The Morgan fingerprint density at radius 3 is 2.45 bits per heavy atom. The molecule has 0 N–H and O–H groups in total. The van der Waals surface area contributed by atoms with Crippen LogP contribution in [0.15, 0.2) is 16.8 Å². The molecule has 102 valence electrons. The number of nitrogens with zero attached hydrogens (tertiary/aromatic N) is 3. The number of fused-ring (bicyclic) bond motifs is 1. The maximum absolute atomic E-state index is 12.2. The van der Waals surface area contributed by atoms with Crippen molar-refractivity contribution in [3.63, 3.8) is 0 Å². The highest BCUT2D eigenvalue weighted by atomic mass is 16.6. The van der Waals surface area contributed by atoms with Gasteiger partial charge in [0.15, 0.2) is 0 Å². The molecule has 1 amide bonds. The Hall–Kier alpha value is -2.50. The van der Waals surface area contributed by atoms with Crippen LogP contribution >= 0.6 is 0 Å². The molecule has 1 aliphatic rings. The van der Waals surface area contributed by atoms with Crippen LogP contribution in [0.25, 0.3) is 0 Å². The van der Waals surface area contributed by atoms with Gasteiger partial charge in [0.2, 0.25) is 0 Å². The minimum absolute atomic E-state index is 0.192. The second-order valence-electron chi connectivity index (χ2n) is 4.94. The second-order valence-corrected chi connectivity index (χ2v) is 4.94. The fraction of sp³-hybridized carbons (Fsp3) is 0.286. The zero-order valence-electron chi connectivity index (χ0n) is 11.4. The molecule has 1 aromatic carbocycles. The maximum Gasteiger partial charge on any atom is 0.299 e. The quantitative estimate of drug-likeness (QED) is 0.777. The smallest absolute Gasteiger partial charge is 0.298 e. The van der Waals surface area contributed by atoms with Gasteiger partial charge in [-0.15, -0.1) is 0 Å². The number of carbonyl (C=O) groups excluding carboxylic acids is 2. The molecule has 0 bridgehead atoms. The van der Waals surface area contributed by atoms with Gasteiger partial charge in [0.1, 0.15) is 11.4 Å². The largest absolute Gasteiger partial charge is 0.299 e. The molecular weight excluding hydrogens is 258 g/mol. The summed E-state index contributed by atoms with van der Waals surface area (Å²) in [5.41, 5.74) is 4.02. The van der Waals surface area contributed by atoms with Gasteiger partial charge in [-0.25, -0.2) is 4.63 Å². The number of hydrogen-bond acceptors (Lipinski definition) is 5. The van der Waals surface area contributed by atoms with Crippen LogP contribution in [-0.4, -0.2) is 22.0 Å². The molecule has 0 atom stereocenters. The van der Waals surface area contributed by atoms with Gasteiger partial charge >= 0.3 is 0 Å². The summed E-state index contributed by atoms with van der Waals surface area (Å²) in [5, 5.41) is 7.46. The van der Waals surface area contributed by atoms with Crippen molar-refractivity contribution in [2.24, 2.45) is 0 Å². The lowest BCUT2D eigenvalue weighted by atomic mass is 10.0. The van der Waals surface area contributed by atoms with Crippen LogP contribution in [0.2, 0.25) is 0 Å². The highest BCUT2D eigenvalue weighted by Crippen LogP contribution is 2.35. The molecule has 6 heteroatoms. The van der Waals surface area contributed by atoms with Crippen molar-refractivity contribution in [2.45, 2.75) is 27.3 Å². The summed E-state index contributed by atoms with van der Waals surface area (Å²) in [5.74, 6) is -0.991. The monoisotopic (exact) mass is 271 g/mol. The first-order chi connectivity index (χ1) is 9.50. The number of anilines is 1. The summed E-state index contributed by atoms with van der Waals surface area (Å²) >= 11 is 0. The van der Waals surface area contributed by atoms with Crippen LogP contribution < -0.4 is 4.90 Å². The molecule has 1 aliphatic heterocycles. The fourth-order valence-corrected chi connectivity index (χ4v) is 2.46. The number of hydrogen-bond donors (Lipinski definition) is 0. The van der Waals surface area contributed by atoms with Crippen LogP contribution in [0.5, 0.6) is 0 Å². The van der Waals surface area contributed by atoms with E-state index >= 15 is 0 Å². The molecule has 0 radical (unpaired) electrons. The lowest BCUT2D eigenvalue weighted by Crippen LogP contribution is -2.29. The predicted molar refractivity (Wildman–Crippen MR) is 70.5 cm³/mol. The molecule has 0 fully saturated rings. The lowest BCUT2D eigenvalue weighted by molar-refractivity contribution is -0.114. The Balaban J connectivity index is 2.11. The molecule has 2 heterocycles. The average molecular weight is 271 g/mol. The zero-order chi connectivity index (χ0) is 14.4. The van der Waals surface area contributed by atoms with Crippen LogP contribution in [0.1, 0.15) is 32.9 Å². The van der Waals surface area contributed by atoms with Crippen molar-refractivity contribution < 1.29 is 14.2 Å². The van der Waals surface area contributed by atoms with E-state index in [0.29, 0.717) is 22.6 Å². The van der Waals surface area contributed by atoms with Crippen molar-refractivity contribution >= 4 is 17.4 Å². The normalized spacial score (nSPS) is 14.1. The summed E-state index contributed by atoms with van der Waals surface area (Å²) in [6.07, 6.45) is 0. The van der Waals surface area contributed by atoms with Crippen molar-refractivity contribution in [3.8, 4) is 0 Å². The van der Waals surface area contributed by atoms with Crippen LogP contribution in [0, 0.1) is 20.8 Å². The first kappa shape index (κ1) is 12.5. The van der Waals surface area contributed by atoms with E-state index in [1.54, 1.807) is 6.92 Å². The molecule has 3 rings (SSSR count). The Kier molecular flexibility index (Phi) is 2.67. The third-order valence-corrected chi connectivity index (χ3v) is 3.58. The van der Waals surface area contributed by atoms with Gasteiger partial charge in [-0.2, -0.15) is 0 Å². The fourth-order valence-electron chi connectivity index (χ4n) is 2.46. The van der Waals surface area contributed by atoms with Crippen LogP contribution in [0.4, 0.5) is 5.69 Å². The second kappa shape index (κ2) is 4.26. The van der Waals surface area contributed by atoms with Gasteiger partial charge in [-0.05, 0) is 31.9 Å². The molecule has 0 spiro atoms. The number of benzene rings is 1. The van der Waals surface area contributed by atoms with E-state index in [1.807, 2.05) is 26.0 Å². The summed E-state index contributed by atoms with van der Waals surface area (Å²) in [4.78, 5) is 25.8. The number of ketones is 1. The van der Waals surface area contributed by atoms with Gasteiger partial charge in [0.25, 0.3) is 11.7 Å². The summed E-state index contributed by atoms with van der Waals surface area (Å²) in [7, 11) is 0. The molecule has 0 saturated carbocycles. The van der Waals surface area contributed by atoms with E-state index in [1.165, 1.54) is 4.90 Å². The van der Waals surface area contributed by atoms with Crippen LogP contribution in [0.3, 0.4) is 0 Å². The lowest BCUT2D eigenvalue weighted by Gasteiger charge is -2.17. The molecule has 0 saturated heterocycles. The SMILES string of the molecule is Cc1ccc(C)c2c1C(=O)C(=O)N2Cc1nonc1C. The molecule has 2 aromatic rings. The van der Waals surface area contributed by atoms with E-state index in [-0.39, 0.29) is 6.54 Å². The molecule has 0 unspecified atom stereocenters. The van der Waals surface area contributed by atoms with Crippen LogP contribution in [-0.2, 0) is 11.3 Å².